The lowest BCUT2D eigenvalue weighted by molar-refractivity contribution is -0.120. The first-order valence-corrected chi connectivity index (χ1v) is 3.99. The van der Waals surface area contributed by atoms with Crippen molar-refractivity contribution in [1.29, 1.82) is 0 Å². The molecule has 0 unspecified atom stereocenters. The highest BCUT2D eigenvalue weighted by atomic mass is 16.1. The first-order valence-electron chi connectivity index (χ1n) is 3.99. The molecule has 0 saturated carbocycles. The van der Waals surface area contributed by atoms with Crippen LogP contribution in [0, 0.1) is 5.92 Å². The molecule has 0 rings (SSSR count). The molecule has 0 aromatic heterocycles. The van der Waals surface area contributed by atoms with Gasteiger partial charge in [0.15, 0.2) is 5.78 Å². The van der Waals surface area contributed by atoms with Gasteiger partial charge in [0.05, 0.1) is 6.54 Å². The van der Waals surface area contributed by atoms with Crippen LogP contribution in [0.5, 0.6) is 0 Å². The zero-order valence-electron chi connectivity index (χ0n) is 7.87. The van der Waals surface area contributed by atoms with Crippen molar-refractivity contribution in [3.63, 3.8) is 0 Å². The van der Waals surface area contributed by atoms with Crippen LogP contribution in [0.2, 0.25) is 0 Å². The molecule has 0 heterocycles. The summed E-state index contributed by atoms with van der Waals surface area (Å²) in [6, 6.07) is 0. The molecule has 12 heavy (non-hydrogen) atoms. The summed E-state index contributed by atoms with van der Waals surface area (Å²) < 4.78 is 0. The van der Waals surface area contributed by atoms with Gasteiger partial charge in [0.25, 0.3) is 0 Å². The van der Waals surface area contributed by atoms with Crippen LogP contribution in [0.25, 0.3) is 0 Å². The first kappa shape index (κ1) is 10.9. The zero-order valence-corrected chi connectivity index (χ0v) is 7.87. The Morgan fingerprint density at radius 2 is 2.17 bits per heavy atom. The monoisotopic (exact) mass is 168 g/mol. The molecule has 0 aliphatic rings. The van der Waals surface area contributed by atoms with Gasteiger partial charge < -0.3 is 5.73 Å². The Labute approximate surface area is 73.4 Å². The third kappa shape index (κ3) is 5.65. The predicted molar refractivity (Wildman–Crippen MR) is 51.1 cm³/mol. The van der Waals surface area contributed by atoms with E-state index >= 15 is 0 Å². The van der Waals surface area contributed by atoms with Crippen molar-refractivity contribution in [3.8, 4) is 0 Å². The van der Waals surface area contributed by atoms with Crippen LogP contribution in [-0.4, -0.2) is 18.5 Å². The maximum absolute atomic E-state index is 11.0. The van der Waals surface area contributed by atoms with E-state index in [0.717, 1.165) is 0 Å². The highest BCUT2D eigenvalue weighted by Gasteiger charge is 2.03. The Bertz CT molecular complexity index is 201. The van der Waals surface area contributed by atoms with Crippen molar-refractivity contribution in [2.24, 2.45) is 16.6 Å². The number of Topliss-reactive ketones (excluding diaryl/α,β-unsaturated/α-hetero) is 1. The molecule has 68 valence electrons. The second-order valence-electron chi connectivity index (χ2n) is 3.02. The SMILES string of the molecule is C/C(N)=C/C=NCC(=O)C(C)C. The minimum Gasteiger partial charge on any atom is -0.402 e. The van der Waals surface area contributed by atoms with E-state index in [1.807, 2.05) is 13.8 Å². The molecule has 0 fully saturated rings. The summed E-state index contributed by atoms with van der Waals surface area (Å²) in [6.45, 7) is 5.75. The van der Waals surface area contributed by atoms with Gasteiger partial charge in [-0.1, -0.05) is 13.8 Å². The van der Waals surface area contributed by atoms with Crippen LogP contribution in [0.3, 0.4) is 0 Å². The molecular weight excluding hydrogens is 152 g/mol. The minimum atomic E-state index is 0.0603. The number of allylic oxidation sites excluding steroid dienone is 2. The normalized spacial score (nSPS) is 12.8. The number of carbonyl (C=O) groups is 1. The van der Waals surface area contributed by atoms with Gasteiger partial charge in [-0.2, -0.15) is 0 Å². The molecule has 0 radical (unpaired) electrons. The minimum absolute atomic E-state index is 0.0603. The quantitative estimate of drug-likeness (QED) is 0.640. The van der Waals surface area contributed by atoms with E-state index in [9.17, 15) is 4.79 Å². The molecule has 0 amide bonds. The molecule has 0 aliphatic heterocycles. The molecule has 3 nitrogen and oxygen atoms in total. The van der Waals surface area contributed by atoms with Crippen LogP contribution >= 0.6 is 0 Å². The second-order valence-corrected chi connectivity index (χ2v) is 3.02. The number of nitrogens with zero attached hydrogens (tertiary/aromatic N) is 1. The van der Waals surface area contributed by atoms with E-state index in [4.69, 9.17) is 5.73 Å². The summed E-state index contributed by atoms with van der Waals surface area (Å²) in [5.74, 6) is 0.208. The Morgan fingerprint density at radius 1 is 1.58 bits per heavy atom. The van der Waals surface area contributed by atoms with Gasteiger partial charge in [0.1, 0.15) is 0 Å². The number of ketones is 1. The molecule has 0 aromatic rings. The average molecular weight is 168 g/mol. The van der Waals surface area contributed by atoms with Crippen molar-refractivity contribution >= 4 is 12.0 Å². The molecule has 0 bridgehead atoms. The van der Waals surface area contributed by atoms with E-state index in [2.05, 4.69) is 4.99 Å². The standard InChI is InChI=1S/C9H16N2O/c1-7(2)9(12)6-11-5-4-8(3)10/h4-5,7H,6,10H2,1-3H3/b8-4-,11-5?. The summed E-state index contributed by atoms with van der Waals surface area (Å²) >= 11 is 0. The molecule has 0 saturated heterocycles. The average Bonchev–Trinajstić information content (AvgIpc) is 1.97. The van der Waals surface area contributed by atoms with Crippen molar-refractivity contribution in [1.82, 2.24) is 0 Å². The maximum atomic E-state index is 11.0. The fourth-order valence-corrected chi connectivity index (χ4v) is 0.496. The topological polar surface area (TPSA) is 55.4 Å². The third-order valence-electron chi connectivity index (χ3n) is 1.33. The first-order chi connectivity index (χ1) is 5.54. The number of carbonyl (C=O) groups excluding carboxylic acids is 1. The Morgan fingerprint density at radius 3 is 2.58 bits per heavy atom. The Balaban J connectivity index is 3.76. The summed E-state index contributed by atoms with van der Waals surface area (Å²) in [5.41, 5.74) is 6.04. The molecule has 2 N–H and O–H groups in total. The second kappa shape index (κ2) is 5.52. The predicted octanol–water partition coefficient (Wildman–Crippen LogP) is 1.14. The summed E-state index contributed by atoms with van der Waals surface area (Å²) in [7, 11) is 0. The number of hydrogen-bond donors (Lipinski definition) is 1. The van der Waals surface area contributed by atoms with Gasteiger partial charge in [-0.05, 0) is 13.0 Å². The largest absolute Gasteiger partial charge is 0.402 e. The van der Waals surface area contributed by atoms with Crippen molar-refractivity contribution in [3.05, 3.63) is 11.8 Å². The van der Waals surface area contributed by atoms with Crippen LogP contribution in [-0.2, 0) is 4.79 Å². The van der Waals surface area contributed by atoms with E-state index in [1.165, 1.54) is 0 Å². The van der Waals surface area contributed by atoms with E-state index in [0.29, 0.717) is 5.70 Å². The number of nitrogens with two attached hydrogens (primary N) is 1. The summed E-state index contributed by atoms with van der Waals surface area (Å²) in [6.07, 6.45) is 3.24. The van der Waals surface area contributed by atoms with Crippen molar-refractivity contribution < 1.29 is 4.79 Å². The van der Waals surface area contributed by atoms with Crippen LogP contribution in [0.1, 0.15) is 20.8 Å². The smallest absolute Gasteiger partial charge is 0.156 e. The Hall–Kier alpha value is -1.12. The van der Waals surface area contributed by atoms with E-state index in [1.54, 1.807) is 19.2 Å². The summed E-state index contributed by atoms with van der Waals surface area (Å²) in [5, 5.41) is 0. The lowest BCUT2D eigenvalue weighted by Crippen LogP contribution is -2.10. The highest BCUT2D eigenvalue weighted by molar-refractivity contribution is 5.84. The molecule has 3 heteroatoms. The van der Waals surface area contributed by atoms with Gasteiger partial charge in [0, 0.05) is 17.8 Å². The zero-order chi connectivity index (χ0) is 9.56. The van der Waals surface area contributed by atoms with Crippen LogP contribution < -0.4 is 5.73 Å². The lowest BCUT2D eigenvalue weighted by atomic mass is 10.1. The van der Waals surface area contributed by atoms with Gasteiger partial charge in [0.2, 0.25) is 0 Å². The van der Waals surface area contributed by atoms with Crippen LogP contribution in [0.4, 0.5) is 0 Å². The molecule has 0 spiro atoms. The van der Waals surface area contributed by atoms with E-state index in [-0.39, 0.29) is 18.2 Å². The van der Waals surface area contributed by atoms with Crippen molar-refractivity contribution in [2.75, 3.05) is 6.54 Å². The third-order valence-corrected chi connectivity index (χ3v) is 1.33. The maximum Gasteiger partial charge on any atom is 0.156 e. The molecular formula is C9H16N2O. The van der Waals surface area contributed by atoms with Gasteiger partial charge in [-0.25, -0.2) is 0 Å². The van der Waals surface area contributed by atoms with Gasteiger partial charge >= 0.3 is 0 Å². The molecule has 0 atom stereocenters. The lowest BCUT2D eigenvalue weighted by Gasteiger charge is -1.97. The van der Waals surface area contributed by atoms with Gasteiger partial charge in [-0.3, -0.25) is 9.79 Å². The molecule has 0 aliphatic carbocycles. The Kier molecular flexibility index (Phi) is 5.00. The fraction of sp³-hybridized carbons (Fsp3) is 0.556. The highest BCUT2D eigenvalue weighted by Crippen LogP contribution is 1.93. The number of hydrogen-bond acceptors (Lipinski definition) is 3. The van der Waals surface area contributed by atoms with E-state index < -0.39 is 0 Å². The molecule has 0 aromatic carbocycles. The summed E-state index contributed by atoms with van der Waals surface area (Å²) in [4.78, 5) is 14.9. The van der Waals surface area contributed by atoms with Gasteiger partial charge in [-0.15, -0.1) is 0 Å². The van der Waals surface area contributed by atoms with Crippen molar-refractivity contribution in [2.45, 2.75) is 20.8 Å². The number of aliphatic imine (C=N–C) groups is 1. The number of rotatable bonds is 4. The fourth-order valence-electron chi connectivity index (χ4n) is 0.496. The van der Waals surface area contributed by atoms with Crippen LogP contribution in [0.15, 0.2) is 16.8 Å².